The number of nitrogens with one attached hydrogen (secondary N) is 2. The highest BCUT2D eigenvalue weighted by Gasteiger charge is 2.00. The van der Waals surface area contributed by atoms with Crippen LogP contribution in [0.3, 0.4) is 0 Å². The first-order valence-corrected chi connectivity index (χ1v) is 5.39. The Labute approximate surface area is 102 Å². The zero-order valence-corrected chi connectivity index (χ0v) is 10.2. The molecule has 0 radical (unpaired) electrons. The molecule has 0 saturated carbocycles. The second kappa shape index (κ2) is 5.78. The topological polar surface area (TPSA) is 41.1 Å². The van der Waals surface area contributed by atoms with E-state index < -0.39 is 0 Å². The third-order valence-electron chi connectivity index (χ3n) is 1.54. The zero-order valence-electron chi connectivity index (χ0n) is 7.89. The number of anilines is 1. The Morgan fingerprint density at radius 2 is 2.00 bits per heavy atom. The van der Waals surface area contributed by atoms with E-state index in [0.717, 1.165) is 0 Å². The van der Waals surface area contributed by atoms with Gasteiger partial charge < -0.3 is 10.6 Å². The lowest BCUT2D eigenvalue weighted by Gasteiger charge is -2.06. The number of carbonyl (C=O) groups is 1. The largest absolute Gasteiger partial charge is 0.333 e. The monoisotopic (exact) mass is 288 g/mol. The van der Waals surface area contributed by atoms with Crippen molar-refractivity contribution >= 4 is 39.2 Å². The van der Waals surface area contributed by atoms with E-state index in [9.17, 15) is 4.79 Å². The van der Waals surface area contributed by atoms with Gasteiger partial charge in [0, 0.05) is 15.2 Å². The van der Waals surface area contributed by atoms with E-state index in [1.54, 1.807) is 24.3 Å². The standard InChI is InChI=1S/C10H10BrClN2O/c1-7(11)6-13-10(15)14-9-4-2-8(12)3-5-9/h2-5H,1,6H2,(H2,13,14,15). The van der Waals surface area contributed by atoms with Crippen molar-refractivity contribution in [3.8, 4) is 0 Å². The highest BCUT2D eigenvalue weighted by molar-refractivity contribution is 9.11. The molecule has 0 bridgehead atoms. The Morgan fingerprint density at radius 1 is 1.40 bits per heavy atom. The van der Waals surface area contributed by atoms with Gasteiger partial charge in [-0.25, -0.2) is 4.79 Å². The third-order valence-corrected chi connectivity index (χ3v) is 2.08. The van der Waals surface area contributed by atoms with Crippen molar-refractivity contribution in [1.29, 1.82) is 0 Å². The van der Waals surface area contributed by atoms with Crippen LogP contribution in [-0.2, 0) is 0 Å². The lowest BCUT2D eigenvalue weighted by atomic mass is 10.3. The minimum absolute atomic E-state index is 0.280. The van der Waals surface area contributed by atoms with Crippen LogP contribution in [0.25, 0.3) is 0 Å². The van der Waals surface area contributed by atoms with Crippen LogP contribution in [0.2, 0.25) is 5.02 Å². The molecular formula is C10H10BrClN2O. The maximum Gasteiger partial charge on any atom is 0.319 e. The van der Waals surface area contributed by atoms with E-state index in [-0.39, 0.29) is 6.03 Å². The van der Waals surface area contributed by atoms with Crippen molar-refractivity contribution in [3.63, 3.8) is 0 Å². The van der Waals surface area contributed by atoms with Crippen LogP contribution < -0.4 is 10.6 Å². The summed E-state index contributed by atoms with van der Waals surface area (Å²) in [6, 6.07) is 6.59. The molecule has 0 aliphatic heterocycles. The minimum atomic E-state index is -0.280. The summed E-state index contributed by atoms with van der Waals surface area (Å²) >= 11 is 8.85. The Morgan fingerprint density at radius 3 is 2.53 bits per heavy atom. The number of urea groups is 1. The fraction of sp³-hybridized carbons (Fsp3) is 0.100. The quantitative estimate of drug-likeness (QED) is 0.880. The van der Waals surface area contributed by atoms with Crippen LogP contribution in [-0.4, -0.2) is 12.6 Å². The van der Waals surface area contributed by atoms with Crippen molar-refractivity contribution in [3.05, 3.63) is 40.3 Å². The Hall–Kier alpha value is -1.00. The highest BCUT2D eigenvalue weighted by Crippen LogP contribution is 2.13. The normalized spacial score (nSPS) is 9.47. The van der Waals surface area contributed by atoms with Crippen LogP contribution in [0.1, 0.15) is 0 Å². The van der Waals surface area contributed by atoms with E-state index in [1.807, 2.05) is 0 Å². The number of rotatable bonds is 3. The molecule has 0 aromatic heterocycles. The van der Waals surface area contributed by atoms with Crippen molar-refractivity contribution in [1.82, 2.24) is 5.32 Å². The lowest BCUT2D eigenvalue weighted by Crippen LogP contribution is -2.29. The van der Waals surface area contributed by atoms with E-state index in [0.29, 0.717) is 21.7 Å². The first-order chi connectivity index (χ1) is 7.08. The first kappa shape index (κ1) is 12.1. The van der Waals surface area contributed by atoms with Gasteiger partial charge in [-0.1, -0.05) is 34.1 Å². The molecule has 2 N–H and O–H groups in total. The van der Waals surface area contributed by atoms with E-state index in [2.05, 4.69) is 33.1 Å². The summed E-state index contributed by atoms with van der Waals surface area (Å²) < 4.78 is 0.716. The molecule has 1 aromatic carbocycles. The molecule has 5 heteroatoms. The molecule has 1 rings (SSSR count). The molecule has 3 nitrogen and oxygen atoms in total. The molecule has 0 saturated heterocycles. The Bertz CT molecular complexity index is 364. The minimum Gasteiger partial charge on any atom is -0.333 e. The maximum absolute atomic E-state index is 11.3. The van der Waals surface area contributed by atoms with Gasteiger partial charge in [-0.2, -0.15) is 0 Å². The van der Waals surface area contributed by atoms with Gasteiger partial charge in [0.25, 0.3) is 0 Å². The Balaban J connectivity index is 2.44. The number of hydrogen-bond donors (Lipinski definition) is 2. The van der Waals surface area contributed by atoms with Gasteiger partial charge in [0.15, 0.2) is 0 Å². The third kappa shape index (κ3) is 4.85. The van der Waals surface area contributed by atoms with Crippen molar-refractivity contribution in [2.45, 2.75) is 0 Å². The van der Waals surface area contributed by atoms with Gasteiger partial charge in [-0.05, 0) is 24.3 Å². The molecular weight excluding hydrogens is 279 g/mol. The summed E-state index contributed by atoms with van der Waals surface area (Å²) in [7, 11) is 0. The molecule has 0 aliphatic rings. The summed E-state index contributed by atoms with van der Waals surface area (Å²) in [5.41, 5.74) is 0.692. The molecule has 0 spiro atoms. The van der Waals surface area contributed by atoms with Crippen molar-refractivity contribution in [2.75, 3.05) is 11.9 Å². The molecule has 0 heterocycles. The maximum atomic E-state index is 11.3. The van der Waals surface area contributed by atoms with Crippen LogP contribution in [0.15, 0.2) is 35.3 Å². The number of hydrogen-bond acceptors (Lipinski definition) is 1. The lowest BCUT2D eigenvalue weighted by molar-refractivity contribution is 0.253. The van der Waals surface area contributed by atoms with Crippen LogP contribution in [0.4, 0.5) is 10.5 Å². The van der Waals surface area contributed by atoms with Gasteiger partial charge in [0.05, 0.1) is 6.54 Å². The molecule has 0 unspecified atom stereocenters. The molecule has 0 fully saturated rings. The second-order valence-electron chi connectivity index (χ2n) is 2.83. The first-order valence-electron chi connectivity index (χ1n) is 4.21. The van der Waals surface area contributed by atoms with Crippen molar-refractivity contribution in [2.24, 2.45) is 0 Å². The summed E-state index contributed by atoms with van der Waals surface area (Å²) in [4.78, 5) is 11.3. The van der Waals surface area contributed by atoms with E-state index in [1.165, 1.54) is 0 Å². The molecule has 0 aliphatic carbocycles. The van der Waals surface area contributed by atoms with Crippen LogP contribution in [0.5, 0.6) is 0 Å². The average Bonchev–Trinajstić information content (AvgIpc) is 2.19. The molecule has 1 aromatic rings. The van der Waals surface area contributed by atoms with Crippen LogP contribution in [0, 0.1) is 0 Å². The van der Waals surface area contributed by atoms with Gasteiger partial charge in [0.1, 0.15) is 0 Å². The number of benzene rings is 1. The fourth-order valence-corrected chi connectivity index (χ4v) is 1.15. The summed E-state index contributed by atoms with van der Waals surface area (Å²) in [5.74, 6) is 0. The number of halogens is 2. The number of amides is 2. The molecule has 2 amide bonds. The zero-order chi connectivity index (χ0) is 11.3. The summed E-state index contributed by atoms with van der Waals surface area (Å²) in [6.45, 7) is 3.99. The van der Waals surface area contributed by atoms with Gasteiger partial charge in [-0.15, -0.1) is 0 Å². The predicted octanol–water partition coefficient (Wildman–Crippen LogP) is 3.37. The van der Waals surface area contributed by atoms with Gasteiger partial charge in [-0.3, -0.25) is 0 Å². The van der Waals surface area contributed by atoms with E-state index >= 15 is 0 Å². The summed E-state index contributed by atoms with van der Waals surface area (Å²) in [6.07, 6.45) is 0. The molecule has 15 heavy (non-hydrogen) atoms. The predicted molar refractivity (Wildman–Crippen MR) is 66.5 cm³/mol. The van der Waals surface area contributed by atoms with Gasteiger partial charge >= 0.3 is 6.03 Å². The van der Waals surface area contributed by atoms with Crippen molar-refractivity contribution < 1.29 is 4.79 Å². The summed E-state index contributed by atoms with van der Waals surface area (Å²) in [5, 5.41) is 5.90. The van der Waals surface area contributed by atoms with Gasteiger partial charge in [0.2, 0.25) is 0 Å². The Kier molecular flexibility index (Phi) is 4.65. The highest BCUT2D eigenvalue weighted by atomic mass is 79.9. The average molecular weight is 290 g/mol. The SMILES string of the molecule is C=C(Br)CNC(=O)Nc1ccc(Cl)cc1. The molecule has 0 atom stereocenters. The second-order valence-corrected chi connectivity index (χ2v) is 4.39. The number of carbonyl (C=O) groups excluding carboxylic acids is 1. The van der Waals surface area contributed by atoms with E-state index in [4.69, 9.17) is 11.6 Å². The fourth-order valence-electron chi connectivity index (χ4n) is 0.885. The smallest absolute Gasteiger partial charge is 0.319 e. The molecule has 80 valence electrons. The van der Waals surface area contributed by atoms with Crippen LogP contribution >= 0.6 is 27.5 Å².